The summed E-state index contributed by atoms with van der Waals surface area (Å²) in [5, 5.41) is 4.84. The quantitative estimate of drug-likeness (QED) is 0.545. The summed E-state index contributed by atoms with van der Waals surface area (Å²) in [6.45, 7) is 4.10. The molecule has 0 aliphatic carbocycles. The SMILES string of the molecule is Cc1cc(Br)c(NC(C)c2cc(Cl)ccc2Cl)c(Br)c1. The van der Waals surface area contributed by atoms with Crippen LogP contribution in [0.1, 0.15) is 24.1 Å². The number of anilines is 1. The molecule has 0 fully saturated rings. The van der Waals surface area contributed by atoms with Crippen LogP contribution in [0.3, 0.4) is 0 Å². The van der Waals surface area contributed by atoms with E-state index in [-0.39, 0.29) is 6.04 Å². The molecule has 0 radical (unpaired) electrons. The lowest BCUT2D eigenvalue weighted by molar-refractivity contribution is 0.882. The number of rotatable bonds is 3. The highest BCUT2D eigenvalue weighted by molar-refractivity contribution is 9.11. The van der Waals surface area contributed by atoms with Crippen LogP contribution >= 0.6 is 55.1 Å². The molecule has 1 unspecified atom stereocenters. The van der Waals surface area contributed by atoms with Gasteiger partial charge in [0.1, 0.15) is 0 Å². The van der Waals surface area contributed by atoms with Crippen molar-refractivity contribution in [1.82, 2.24) is 0 Å². The van der Waals surface area contributed by atoms with Gasteiger partial charge in [-0.25, -0.2) is 0 Å². The van der Waals surface area contributed by atoms with Gasteiger partial charge >= 0.3 is 0 Å². The summed E-state index contributed by atoms with van der Waals surface area (Å²) in [5.74, 6) is 0. The molecule has 0 aliphatic heterocycles. The van der Waals surface area contributed by atoms with Gasteiger partial charge in [-0.2, -0.15) is 0 Å². The van der Waals surface area contributed by atoms with Crippen LogP contribution in [0.25, 0.3) is 0 Å². The predicted molar refractivity (Wildman–Crippen MR) is 95.1 cm³/mol. The first kappa shape index (κ1) is 16.2. The molecular formula is C15H13Br2Cl2N. The Morgan fingerprint density at radius 3 is 2.25 bits per heavy atom. The molecule has 0 heterocycles. The number of benzene rings is 2. The second-order valence-corrected chi connectivity index (χ2v) is 7.19. The van der Waals surface area contributed by atoms with Crippen LogP contribution in [0.15, 0.2) is 39.3 Å². The first-order valence-corrected chi connectivity index (χ1v) is 8.40. The van der Waals surface area contributed by atoms with Crippen molar-refractivity contribution in [1.29, 1.82) is 0 Å². The van der Waals surface area contributed by atoms with Crippen molar-refractivity contribution in [3.63, 3.8) is 0 Å². The number of aryl methyl sites for hydroxylation is 1. The minimum atomic E-state index is 0.0384. The highest BCUT2D eigenvalue weighted by Crippen LogP contribution is 2.36. The predicted octanol–water partition coefficient (Wildman–Crippen LogP) is 7.00. The normalized spacial score (nSPS) is 12.3. The Hall–Kier alpha value is -0.220. The van der Waals surface area contributed by atoms with E-state index in [1.807, 2.05) is 12.1 Å². The Morgan fingerprint density at radius 1 is 1.05 bits per heavy atom. The molecule has 2 rings (SSSR count). The zero-order valence-corrected chi connectivity index (χ0v) is 15.7. The third kappa shape index (κ3) is 3.70. The Labute approximate surface area is 145 Å². The molecule has 0 bridgehead atoms. The summed E-state index contributed by atoms with van der Waals surface area (Å²) >= 11 is 19.4. The Morgan fingerprint density at radius 2 is 1.65 bits per heavy atom. The molecule has 1 nitrogen and oxygen atoms in total. The molecule has 0 aromatic heterocycles. The monoisotopic (exact) mass is 435 g/mol. The van der Waals surface area contributed by atoms with Gasteiger partial charge in [0.2, 0.25) is 0 Å². The van der Waals surface area contributed by atoms with Crippen LogP contribution in [-0.4, -0.2) is 0 Å². The van der Waals surface area contributed by atoms with Crippen molar-refractivity contribution < 1.29 is 0 Å². The van der Waals surface area contributed by atoms with Crippen LogP contribution in [0, 0.1) is 6.92 Å². The summed E-state index contributed by atoms with van der Waals surface area (Å²) < 4.78 is 2.02. The van der Waals surface area contributed by atoms with Crippen molar-refractivity contribution in [2.24, 2.45) is 0 Å². The Balaban J connectivity index is 2.32. The van der Waals surface area contributed by atoms with Gasteiger partial charge in [0.15, 0.2) is 0 Å². The van der Waals surface area contributed by atoms with Crippen molar-refractivity contribution in [3.05, 3.63) is 60.4 Å². The fraction of sp³-hybridized carbons (Fsp3) is 0.200. The van der Waals surface area contributed by atoms with E-state index >= 15 is 0 Å². The molecule has 0 aliphatic rings. The average molecular weight is 438 g/mol. The fourth-order valence-electron chi connectivity index (χ4n) is 1.98. The maximum absolute atomic E-state index is 6.24. The maximum atomic E-state index is 6.24. The number of hydrogen-bond acceptors (Lipinski definition) is 1. The Kier molecular flexibility index (Phi) is 5.41. The lowest BCUT2D eigenvalue weighted by atomic mass is 10.1. The summed E-state index contributed by atoms with van der Waals surface area (Å²) in [4.78, 5) is 0. The van der Waals surface area contributed by atoms with Crippen molar-refractivity contribution in [2.45, 2.75) is 19.9 Å². The zero-order valence-electron chi connectivity index (χ0n) is 11.0. The van der Waals surface area contributed by atoms with Crippen LogP contribution in [0.2, 0.25) is 10.0 Å². The van der Waals surface area contributed by atoms with Crippen molar-refractivity contribution in [3.8, 4) is 0 Å². The van der Waals surface area contributed by atoms with Crippen molar-refractivity contribution >= 4 is 60.7 Å². The second-order valence-electron chi connectivity index (χ2n) is 4.64. The van der Waals surface area contributed by atoms with Gasteiger partial charge in [-0.05, 0) is 87.2 Å². The fourth-order valence-corrected chi connectivity index (χ4v) is 4.08. The Bertz CT molecular complexity index is 621. The van der Waals surface area contributed by atoms with Crippen LogP contribution in [0.4, 0.5) is 5.69 Å². The molecule has 106 valence electrons. The van der Waals surface area contributed by atoms with Gasteiger partial charge in [-0.3, -0.25) is 0 Å². The van der Waals surface area contributed by atoms with Gasteiger partial charge in [0.25, 0.3) is 0 Å². The molecule has 2 aromatic rings. The van der Waals surface area contributed by atoms with E-state index in [9.17, 15) is 0 Å². The van der Waals surface area contributed by atoms with Crippen LogP contribution < -0.4 is 5.32 Å². The maximum Gasteiger partial charge on any atom is 0.0633 e. The topological polar surface area (TPSA) is 12.0 Å². The number of halogens is 4. The average Bonchev–Trinajstić information content (AvgIpc) is 2.36. The minimum Gasteiger partial charge on any atom is -0.377 e. The molecular weight excluding hydrogens is 425 g/mol. The smallest absolute Gasteiger partial charge is 0.0633 e. The van der Waals surface area contributed by atoms with E-state index in [0.717, 1.165) is 20.2 Å². The standard InChI is InChI=1S/C15H13Br2Cl2N/c1-8-5-12(16)15(13(17)6-8)20-9(2)11-7-10(18)3-4-14(11)19/h3-7,9,20H,1-2H3. The molecule has 0 saturated heterocycles. The first-order chi connectivity index (χ1) is 9.38. The van der Waals surface area contributed by atoms with E-state index in [0.29, 0.717) is 10.0 Å². The summed E-state index contributed by atoms with van der Waals surface area (Å²) in [6.07, 6.45) is 0. The van der Waals surface area contributed by atoms with Crippen LogP contribution in [-0.2, 0) is 0 Å². The molecule has 0 amide bonds. The van der Waals surface area contributed by atoms with Crippen molar-refractivity contribution in [2.75, 3.05) is 5.32 Å². The minimum absolute atomic E-state index is 0.0384. The van der Waals surface area contributed by atoms with E-state index in [1.165, 1.54) is 5.56 Å². The van der Waals surface area contributed by atoms with E-state index in [2.05, 4.69) is 63.2 Å². The summed E-state index contributed by atoms with van der Waals surface area (Å²) in [5.41, 5.74) is 3.15. The molecule has 0 saturated carbocycles. The highest BCUT2D eigenvalue weighted by Gasteiger charge is 2.14. The van der Waals surface area contributed by atoms with E-state index in [4.69, 9.17) is 23.2 Å². The first-order valence-electron chi connectivity index (χ1n) is 6.05. The summed E-state index contributed by atoms with van der Waals surface area (Å²) in [6, 6.07) is 9.67. The number of nitrogens with one attached hydrogen (secondary N) is 1. The largest absolute Gasteiger partial charge is 0.377 e. The molecule has 2 aromatic carbocycles. The molecule has 1 N–H and O–H groups in total. The van der Waals surface area contributed by atoms with Gasteiger partial charge in [-0.15, -0.1) is 0 Å². The number of hydrogen-bond donors (Lipinski definition) is 1. The molecule has 0 spiro atoms. The zero-order chi connectivity index (χ0) is 14.9. The van der Waals surface area contributed by atoms with Gasteiger partial charge < -0.3 is 5.32 Å². The van der Waals surface area contributed by atoms with Crippen LogP contribution in [0.5, 0.6) is 0 Å². The summed E-state index contributed by atoms with van der Waals surface area (Å²) in [7, 11) is 0. The van der Waals surface area contributed by atoms with Gasteiger partial charge in [0.05, 0.1) is 11.7 Å². The lowest BCUT2D eigenvalue weighted by Crippen LogP contribution is -2.08. The molecule has 5 heteroatoms. The van der Waals surface area contributed by atoms with E-state index in [1.54, 1.807) is 6.07 Å². The molecule has 1 atom stereocenters. The van der Waals surface area contributed by atoms with Gasteiger partial charge in [0, 0.05) is 19.0 Å². The third-order valence-electron chi connectivity index (χ3n) is 2.97. The van der Waals surface area contributed by atoms with Gasteiger partial charge in [-0.1, -0.05) is 23.2 Å². The van der Waals surface area contributed by atoms with E-state index < -0.39 is 0 Å². The molecule has 20 heavy (non-hydrogen) atoms. The lowest BCUT2D eigenvalue weighted by Gasteiger charge is -2.20. The third-order valence-corrected chi connectivity index (χ3v) is 4.80. The highest BCUT2D eigenvalue weighted by atomic mass is 79.9. The second kappa shape index (κ2) is 6.69.